The molecule has 1 N–H and O–H groups in total. The van der Waals surface area contributed by atoms with Gasteiger partial charge in [0.05, 0.1) is 7.11 Å². The van der Waals surface area contributed by atoms with E-state index >= 15 is 0 Å². The van der Waals surface area contributed by atoms with E-state index in [-0.39, 0.29) is 17.5 Å². The van der Waals surface area contributed by atoms with Gasteiger partial charge in [-0.15, -0.1) is 0 Å². The quantitative estimate of drug-likeness (QED) is 0.630. The summed E-state index contributed by atoms with van der Waals surface area (Å²) in [5, 5.41) is 12.4. The summed E-state index contributed by atoms with van der Waals surface area (Å²) in [6, 6.07) is 9.86. The van der Waals surface area contributed by atoms with E-state index in [2.05, 4.69) is 17.3 Å². The van der Waals surface area contributed by atoms with Gasteiger partial charge in [-0.2, -0.15) is 5.26 Å². The average molecular weight is 342 g/mol. The molecule has 0 atom stereocenters. The second-order valence-corrected chi connectivity index (χ2v) is 6.35. The number of hydrogen-bond donors (Lipinski definition) is 1. The fraction of sp³-hybridized carbons (Fsp3) is 0.474. The Labute approximate surface area is 149 Å². The van der Waals surface area contributed by atoms with Crippen molar-refractivity contribution < 1.29 is 9.53 Å². The SMILES string of the molecule is COc1cccc(CN/C=C(/C#N)C(=O)N(C)C2CCN(C)CC2)c1. The fourth-order valence-corrected chi connectivity index (χ4v) is 2.93. The lowest BCUT2D eigenvalue weighted by atomic mass is 10.0. The maximum absolute atomic E-state index is 12.6. The zero-order chi connectivity index (χ0) is 18.2. The molecule has 1 aromatic carbocycles. The van der Waals surface area contributed by atoms with E-state index in [1.807, 2.05) is 30.3 Å². The van der Waals surface area contributed by atoms with Crippen molar-refractivity contribution in [3.63, 3.8) is 0 Å². The second-order valence-electron chi connectivity index (χ2n) is 6.35. The smallest absolute Gasteiger partial charge is 0.265 e. The second kappa shape index (κ2) is 9.09. The number of carbonyl (C=O) groups excluding carboxylic acids is 1. The molecule has 6 nitrogen and oxygen atoms in total. The van der Waals surface area contributed by atoms with Crippen LogP contribution in [-0.2, 0) is 11.3 Å². The number of piperidine rings is 1. The number of likely N-dealkylation sites (N-methyl/N-ethyl adjacent to an activating group) is 1. The van der Waals surface area contributed by atoms with Gasteiger partial charge in [-0.05, 0) is 50.7 Å². The topological polar surface area (TPSA) is 68.6 Å². The van der Waals surface area contributed by atoms with Crippen molar-refractivity contribution in [2.45, 2.75) is 25.4 Å². The van der Waals surface area contributed by atoms with E-state index in [4.69, 9.17) is 4.74 Å². The van der Waals surface area contributed by atoms with Gasteiger partial charge in [0.15, 0.2) is 0 Å². The summed E-state index contributed by atoms with van der Waals surface area (Å²) in [7, 11) is 5.49. The largest absolute Gasteiger partial charge is 0.497 e. The number of rotatable bonds is 6. The summed E-state index contributed by atoms with van der Waals surface area (Å²) in [5.41, 5.74) is 1.15. The number of benzene rings is 1. The van der Waals surface area contributed by atoms with Crippen molar-refractivity contribution in [2.75, 3.05) is 34.3 Å². The van der Waals surface area contributed by atoms with Crippen LogP contribution >= 0.6 is 0 Å². The summed E-state index contributed by atoms with van der Waals surface area (Å²) in [6.45, 7) is 2.47. The number of carbonyl (C=O) groups is 1. The molecule has 1 aromatic rings. The number of hydrogen-bond acceptors (Lipinski definition) is 5. The molecule has 0 saturated carbocycles. The van der Waals surface area contributed by atoms with Gasteiger partial charge in [-0.25, -0.2) is 0 Å². The summed E-state index contributed by atoms with van der Waals surface area (Å²) < 4.78 is 5.19. The predicted octanol–water partition coefficient (Wildman–Crippen LogP) is 1.74. The van der Waals surface area contributed by atoms with E-state index in [1.54, 1.807) is 19.1 Å². The first kappa shape index (κ1) is 18.8. The summed E-state index contributed by atoms with van der Waals surface area (Å²) in [4.78, 5) is 16.5. The van der Waals surface area contributed by atoms with Gasteiger partial charge >= 0.3 is 0 Å². The Morgan fingerprint density at radius 2 is 2.20 bits per heavy atom. The van der Waals surface area contributed by atoms with Crippen molar-refractivity contribution in [1.82, 2.24) is 15.1 Å². The molecule has 1 fully saturated rings. The Kier molecular flexibility index (Phi) is 6.84. The Hall–Kier alpha value is -2.52. The molecule has 1 saturated heterocycles. The Morgan fingerprint density at radius 1 is 1.48 bits per heavy atom. The standard InChI is InChI=1S/C19H26N4O2/c1-22-9-7-17(8-10-22)23(2)19(24)16(12-20)14-21-13-15-5-4-6-18(11-15)25-3/h4-6,11,14,17,21H,7-10,13H2,1-3H3/b16-14-. The van der Waals surface area contributed by atoms with Crippen molar-refractivity contribution in [1.29, 1.82) is 5.26 Å². The van der Waals surface area contributed by atoms with Crippen LogP contribution in [0.5, 0.6) is 5.75 Å². The van der Waals surface area contributed by atoms with E-state index in [0.717, 1.165) is 37.2 Å². The van der Waals surface area contributed by atoms with Gasteiger partial charge in [0.25, 0.3) is 5.91 Å². The van der Waals surface area contributed by atoms with Gasteiger partial charge in [0, 0.05) is 25.8 Å². The molecular formula is C19H26N4O2. The third-order valence-corrected chi connectivity index (χ3v) is 4.59. The van der Waals surface area contributed by atoms with E-state index in [1.165, 1.54) is 6.20 Å². The van der Waals surface area contributed by atoms with Crippen molar-refractivity contribution >= 4 is 5.91 Å². The number of likely N-dealkylation sites (tertiary alicyclic amines) is 1. The van der Waals surface area contributed by atoms with Crippen LogP contribution in [0.3, 0.4) is 0 Å². The minimum Gasteiger partial charge on any atom is -0.497 e. The van der Waals surface area contributed by atoms with Gasteiger partial charge < -0.3 is 19.9 Å². The van der Waals surface area contributed by atoms with Gasteiger partial charge in [0.2, 0.25) is 0 Å². The summed E-state index contributed by atoms with van der Waals surface area (Å²) in [6.07, 6.45) is 3.39. The lowest BCUT2D eigenvalue weighted by molar-refractivity contribution is -0.128. The Morgan fingerprint density at radius 3 is 2.84 bits per heavy atom. The molecule has 6 heteroatoms. The maximum atomic E-state index is 12.6. The van der Waals surface area contributed by atoms with Crippen LogP contribution < -0.4 is 10.1 Å². The number of nitrogens with one attached hydrogen (secondary N) is 1. The third-order valence-electron chi connectivity index (χ3n) is 4.59. The first-order valence-electron chi connectivity index (χ1n) is 8.47. The van der Waals surface area contributed by atoms with Crippen LogP contribution in [0.4, 0.5) is 0 Å². The first-order chi connectivity index (χ1) is 12.0. The van der Waals surface area contributed by atoms with Crippen LogP contribution in [0.2, 0.25) is 0 Å². The lowest BCUT2D eigenvalue weighted by Crippen LogP contribution is -2.45. The number of nitrogens with zero attached hydrogens (tertiary/aromatic N) is 3. The molecule has 0 unspecified atom stereocenters. The van der Waals surface area contributed by atoms with Crippen molar-refractivity contribution in [2.24, 2.45) is 0 Å². The molecule has 0 radical (unpaired) electrons. The highest BCUT2D eigenvalue weighted by Gasteiger charge is 2.25. The third kappa shape index (κ3) is 5.23. The molecule has 2 rings (SSSR count). The van der Waals surface area contributed by atoms with Gasteiger partial charge in [-0.1, -0.05) is 12.1 Å². The van der Waals surface area contributed by atoms with Gasteiger partial charge in [0.1, 0.15) is 17.4 Å². The minimum atomic E-state index is -0.227. The number of ether oxygens (including phenoxy) is 1. The van der Waals surface area contributed by atoms with Crippen LogP contribution in [0.25, 0.3) is 0 Å². The zero-order valence-corrected chi connectivity index (χ0v) is 15.2. The lowest BCUT2D eigenvalue weighted by Gasteiger charge is -2.34. The molecule has 0 aliphatic carbocycles. The van der Waals surface area contributed by atoms with Crippen molar-refractivity contribution in [3.8, 4) is 11.8 Å². The fourth-order valence-electron chi connectivity index (χ4n) is 2.93. The minimum absolute atomic E-state index is 0.129. The summed E-state index contributed by atoms with van der Waals surface area (Å²) in [5.74, 6) is 0.553. The van der Waals surface area contributed by atoms with Crippen LogP contribution in [0.1, 0.15) is 18.4 Å². The van der Waals surface area contributed by atoms with Crippen LogP contribution in [0.15, 0.2) is 36.0 Å². The normalized spacial score (nSPS) is 16.2. The van der Waals surface area contributed by atoms with Crippen molar-refractivity contribution in [3.05, 3.63) is 41.6 Å². The van der Waals surface area contributed by atoms with E-state index < -0.39 is 0 Å². The first-order valence-corrected chi connectivity index (χ1v) is 8.47. The van der Waals surface area contributed by atoms with Gasteiger partial charge in [-0.3, -0.25) is 4.79 Å². The van der Waals surface area contributed by atoms with Crippen LogP contribution in [0, 0.1) is 11.3 Å². The molecule has 0 aromatic heterocycles. The Balaban J connectivity index is 1.94. The highest BCUT2D eigenvalue weighted by molar-refractivity contribution is 5.97. The molecule has 1 aliphatic rings. The highest BCUT2D eigenvalue weighted by atomic mass is 16.5. The molecular weight excluding hydrogens is 316 g/mol. The Bertz CT molecular complexity index is 658. The molecule has 1 amide bonds. The molecule has 134 valence electrons. The van der Waals surface area contributed by atoms with E-state index in [9.17, 15) is 10.1 Å². The summed E-state index contributed by atoms with van der Waals surface area (Å²) >= 11 is 0. The number of amides is 1. The number of methoxy groups -OCH3 is 1. The molecule has 0 spiro atoms. The predicted molar refractivity (Wildman–Crippen MR) is 96.8 cm³/mol. The molecule has 25 heavy (non-hydrogen) atoms. The van der Waals surface area contributed by atoms with E-state index in [0.29, 0.717) is 6.54 Å². The molecule has 1 heterocycles. The highest BCUT2D eigenvalue weighted by Crippen LogP contribution is 2.16. The number of nitriles is 1. The van der Waals surface area contributed by atoms with Crippen LogP contribution in [-0.4, -0.2) is 56.0 Å². The monoisotopic (exact) mass is 342 g/mol. The maximum Gasteiger partial charge on any atom is 0.265 e. The molecule has 1 aliphatic heterocycles. The average Bonchev–Trinajstić information content (AvgIpc) is 2.65. The molecule has 0 bridgehead atoms. The zero-order valence-electron chi connectivity index (χ0n) is 15.2.